The molecule has 0 saturated carbocycles. The first-order valence-electron chi connectivity index (χ1n) is 6.67. The number of amides is 1. The lowest BCUT2D eigenvalue weighted by Crippen LogP contribution is -2.18. The van der Waals surface area contributed by atoms with Crippen molar-refractivity contribution >= 4 is 40.0 Å². The zero-order valence-corrected chi connectivity index (χ0v) is 13.2. The summed E-state index contributed by atoms with van der Waals surface area (Å²) in [4.78, 5) is 16.5. The fourth-order valence-corrected chi connectivity index (χ4v) is 2.60. The van der Waals surface area contributed by atoms with Crippen LogP contribution < -0.4 is 5.32 Å². The highest BCUT2D eigenvalue weighted by molar-refractivity contribution is 6.42. The van der Waals surface area contributed by atoms with Crippen LogP contribution in [-0.2, 0) is 0 Å². The van der Waals surface area contributed by atoms with Crippen LogP contribution >= 0.6 is 23.2 Å². The maximum absolute atomic E-state index is 11.9. The van der Waals surface area contributed by atoms with Gasteiger partial charge in [0.15, 0.2) is 0 Å². The molecule has 2 aromatic carbocycles. The van der Waals surface area contributed by atoms with Crippen molar-refractivity contribution in [2.24, 2.45) is 0 Å². The normalized spacial score (nSPS) is 10.7. The lowest BCUT2D eigenvalue weighted by Gasteiger charge is -2.08. The van der Waals surface area contributed by atoms with E-state index in [-0.39, 0.29) is 5.91 Å². The van der Waals surface area contributed by atoms with Gasteiger partial charge < -0.3 is 5.32 Å². The molecule has 0 atom stereocenters. The predicted octanol–water partition coefficient (Wildman–Crippen LogP) is 4.57. The van der Waals surface area contributed by atoms with Crippen LogP contribution in [0.2, 0.25) is 10.0 Å². The fourth-order valence-electron chi connectivity index (χ4n) is 2.30. The number of carbonyl (C=O) groups is 1. The Morgan fingerprint density at radius 3 is 2.59 bits per heavy atom. The number of halogens is 2. The average Bonchev–Trinajstić information content (AvgIpc) is 2.55. The molecule has 0 aliphatic heterocycles. The standard InChI is InChI=1S/C17H12Cl2N2O/c1-20-17(22)12-3-2-4-16-11(12)6-8-15(21-16)10-5-7-13(18)14(19)9-10/h2-9H,1H3,(H,20,22). The van der Waals surface area contributed by atoms with E-state index in [9.17, 15) is 4.79 Å². The second-order valence-electron chi connectivity index (χ2n) is 4.78. The SMILES string of the molecule is CNC(=O)c1cccc2nc(-c3ccc(Cl)c(Cl)c3)ccc12. The molecule has 3 nitrogen and oxygen atoms in total. The van der Waals surface area contributed by atoms with E-state index in [0.29, 0.717) is 15.6 Å². The van der Waals surface area contributed by atoms with Crippen molar-refractivity contribution in [2.75, 3.05) is 7.05 Å². The van der Waals surface area contributed by atoms with E-state index in [1.165, 1.54) is 0 Å². The summed E-state index contributed by atoms with van der Waals surface area (Å²) in [5.74, 6) is -0.130. The maximum atomic E-state index is 11.9. The summed E-state index contributed by atoms with van der Waals surface area (Å²) in [6, 6.07) is 14.6. The first-order valence-corrected chi connectivity index (χ1v) is 7.43. The first-order chi connectivity index (χ1) is 10.6. The molecule has 22 heavy (non-hydrogen) atoms. The van der Waals surface area contributed by atoms with Crippen LogP contribution in [0.25, 0.3) is 22.2 Å². The molecule has 0 fully saturated rings. The van der Waals surface area contributed by atoms with Crippen LogP contribution in [0, 0.1) is 0 Å². The maximum Gasteiger partial charge on any atom is 0.251 e. The van der Waals surface area contributed by atoms with Gasteiger partial charge in [0.1, 0.15) is 0 Å². The third-order valence-corrected chi connectivity index (χ3v) is 4.16. The Hall–Kier alpha value is -2.10. The second-order valence-corrected chi connectivity index (χ2v) is 5.59. The number of benzene rings is 2. The van der Waals surface area contributed by atoms with Gasteiger partial charge in [-0.15, -0.1) is 0 Å². The Bertz CT molecular complexity index is 878. The molecule has 0 saturated heterocycles. The van der Waals surface area contributed by atoms with Crippen LogP contribution in [0.1, 0.15) is 10.4 Å². The van der Waals surface area contributed by atoms with Crippen LogP contribution in [-0.4, -0.2) is 17.9 Å². The van der Waals surface area contributed by atoms with Crippen molar-refractivity contribution in [2.45, 2.75) is 0 Å². The molecule has 0 aliphatic carbocycles. The lowest BCUT2D eigenvalue weighted by atomic mass is 10.1. The van der Waals surface area contributed by atoms with E-state index >= 15 is 0 Å². The summed E-state index contributed by atoms with van der Waals surface area (Å²) in [6.07, 6.45) is 0. The van der Waals surface area contributed by atoms with E-state index in [2.05, 4.69) is 10.3 Å². The van der Waals surface area contributed by atoms with Gasteiger partial charge >= 0.3 is 0 Å². The van der Waals surface area contributed by atoms with E-state index in [4.69, 9.17) is 23.2 Å². The first kappa shape index (κ1) is 14.8. The summed E-state index contributed by atoms with van der Waals surface area (Å²) >= 11 is 12.0. The number of hydrogen-bond donors (Lipinski definition) is 1. The summed E-state index contributed by atoms with van der Waals surface area (Å²) in [5.41, 5.74) is 3.01. The molecule has 0 bridgehead atoms. The molecule has 1 aromatic heterocycles. The zero-order chi connectivity index (χ0) is 15.7. The van der Waals surface area contributed by atoms with Crippen molar-refractivity contribution in [1.82, 2.24) is 10.3 Å². The largest absolute Gasteiger partial charge is 0.355 e. The van der Waals surface area contributed by atoms with Crippen LogP contribution in [0.5, 0.6) is 0 Å². The number of pyridine rings is 1. The van der Waals surface area contributed by atoms with Gasteiger partial charge in [-0.25, -0.2) is 4.98 Å². The fraction of sp³-hybridized carbons (Fsp3) is 0.0588. The molecule has 1 N–H and O–H groups in total. The highest BCUT2D eigenvalue weighted by Crippen LogP contribution is 2.29. The molecule has 0 unspecified atom stereocenters. The molecule has 3 rings (SSSR count). The van der Waals surface area contributed by atoms with Crippen molar-refractivity contribution in [3.8, 4) is 11.3 Å². The highest BCUT2D eigenvalue weighted by atomic mass is 35.5. The Morgan fingerprint density at radius 1 is 1.05 bits per heavy atom. The number of rotatable bonds is 2. The topological polar surface area (TPSA) is 42.0 Å². The van der Waals surface area contributed by atoms with E-state index < -0.39 is 0 Å². The van der Waals surface area contributed by atoms with E-state index in [1.807, 2.05) is 30.3 Å². The van der Waals surface area contributed by atoms with Crippen molar-refractivity contribution in [1.29, 1.82) is 0 Å². The molecule has 1 heterocycles. The minimum absolute atomic E-state index is 0.130. The average molecular weight is 331 g/mol. The van der Waals surface area contributed by atoms with Crippen LogP contribution in [0.4, 0.5) is 0 Å². The molecule has 3 aromatic rings. The summed E-state index contributed by atoms with van der Waals surface area (Å²) in [6.45, 7) is 0. The third kappa shape index (κ3) is 2.65. The third-order valence-electron chi connectivity index (χ3n) is 3.42. The molecular weight excluding hydrogens is 319 g/mol. The van der Waals surface area contributed by atoms with E-state index in [1.54, 1.807) is 25.2 Å². The highest BCUT2D eigenvalue weighted by Gasteiger charge is 2.10. The number of nitrogens with one attached hydrogen (secondary N) is 1. The lowest BCUT2D eigenvalue weighted by molar-refractivity contribution is 0.0964. The van der Waals surface area contributed by atoms with Gasteiger partial charge in [-0.2, -0.15) is 0 Å². The predicted molar refractivity (Wildman–Crippen MR) is 90.6 cm³/mol. The molecule has 1 amide bonds. The number of nitrogens with zero attached hydrogens (tertiary/aromatic N) is 1. The molecule has 0 spiro atoms. The molecule has 5 heteroatoms. The summed E-state index contributed by atoms with van der Waals surface area (Å²) in [7, 11) is 1.61. The number of carbonyl (C=O) groups excluding carboxylic acids is 1. The quantitative estimate of drug-likeness (QED) is 0.747. The zero-order valence-electron chi connectivity index (χ0n) is 11.7. The van der Waals surface area contributed by atoms with Gasteiger partial charge in [-0.3, -0.25) is 4.79 Å². The summed E-state index contributed by atoms with van der Waals surface area (Å²) < 4.78 is 0. The Kier molecular flexibility index (Phi) is 4.01. The number of aromatic nitrogens is 1. The smallest absolute Gasteiger partial charge is 0.251 e. The Balaban J connectivity index is 2.14. The summed E-state index contributed by atoms with van der Waals surface area (Å²) in [5, 5.41) is 4.44. The van der Waals surface area contributed by atoms with Gasteiger partial charge in [-0.1, -0.05) is 35.3 Å². The van der Waals surface area contributed by atoms with Gasteiger partial charge in [0.2, 0.25) is 0 Å². The Labute approximate surface area is 137 Å². The molecule has 110 valence electrons. The van der Waals surface area contributed by atoms with Gasteiger partial charge in [-0.05, 0) is 36.4 Å². The van der Waals surface area contributed by atoms with Crippen molar-refractivity contribution in [3.63, 3.8) is 0 Å². The van der Waals surface area contributed by atoms with Crippen LogP contribution in [0.15, 0.2) is 48.5 Å². The minimum atomic E-state index is -0.130. The minimum Gasteiger partial charge on any atom is -0.355 e. The van der Waals surface area contributed by atoms with Gasteiger partial charge in [0.25, 0.3) is 5.91 Å². The van der Waals surface area contributed by atoms with Gasteiger partial charge in [0, 0.05) is 23.6 Å². The molecule has 0 radical (unpaired) electrons. The number of hydrogen-bond acceptors (Lipinski definition) is 2. The Morgan fingerprint density at radius 2 is 1.86 bits per heavy atom. The molecular formula is C17H12Cl2N2O. The van der Waals surface area contributed by atoms with E-state index in [0.717, 1.165) is 22.2 Å². The number of fused-ring (bicyclic) bond motifs is 1. The van der Waals surface area contributed by atoms with Crippen molar-refractivity contribution < 1.29 is 4.79 Å². The van der Waals surface area contributed by atoms with Gasteiger partial charge in [0.05, 0.1) is 21.3 Å². The monoisotopic (exact) mass is 330 g/mol. The van der Waals surface area contributed by atoms with Crippen LogP contribution in [0.3, 0.4) is 0 Å². The second kappa shape index (κ2) is 5.95. The molecule has 0 aliphatic rings. The van der Waals surface area contributed by atoms with Crippen molar-refractivity contribution in [3.05, 3.63) is 64.1 Å².